The fourth-order valence-electron chi connectivity index (χ4n) is 1.33. The molecule has 0 heterocycles. The van der Waals surface area contributed by atoms with Crippen molar-refractivity contribution in [1.82, 2.24) is 5.32 Å². The molecule has 1 rings (SSSR count). The lowest BCUT2D eigenvalue weighted by Gasteiger charge is -2.12. The van der Waals surface area contributed by atoms with E-state index in [-0.39, 0.29) is 29.8 Å². The van der Waals surface area contributed by atoms with Gasteiger partial charge in [0.1, 0.15) is 0 Å². The zero-order valence-corrected chi connectivity index (χ0v) is 11.7. The number of ether oxygens (including phenoxy) is 1. The maximum Gasteiger partial charge on any atom is 0.340 e. The highest BCUT2D eigenvalue weighted by molar-refractivity contribution is 6.31. The summed E-state index contributed by atoms with van der Waals surface area (Å²) in [6.07, 6.45) is 0.806. The molecule has 19 heavy (non-hydrogen) atoms. The number of hydrogen-bond donors (Lipinski definition) is 2. The first kappa shape index (κ1) is 15.3. The second kappa shape index (κ2) is 6.99. The summed E-state index contributed by atoms with van der Waals surface area (Å²) in [5, 5.41) is 3.07. The molecule has 5 nitrogen and oxygen atoms in total. The van der Waals surface area contributed by atoms with Crippen LogP contribution in [-0.4, -0.2) is 24.5 Å². The predicted molar refractivity (Wildman–Crippen MR) is 74.0 cm³/mol. The van der Waals surface area contributed by atoms with Crippen molar-refractivity contribution in [2.75, 3.05) is 12.3 Å². The molecule has 0 spiro atoms. The second-order valence-electron chi connectivity index (χ2n) is 4.18. The Balaban J connectivity index is 2.56. The number of amides is 1. The van der Waals surface area contributed by atoms with Crippen LogP contribution in [0.5, 0.6) is 0 Å². The Hall–Kier alpha value is -1.75. The van der Waals surface area contributed by atoms with Crippen LogP contribution in [-0.2, 0) is 9.53 Å². The van der Waals surface area contributed by atoms with E-state index in [1.165, 1.54) is 12.1 Å². The summed E-state index contributed by atoms with van der Waals surface area (Å²) in [6, 6.07) is 4.54. The lowest BCUT2D eigenvalue weighted by Crippen LogP contribution is -2.35. The molecule has 0 aliphatic rings. The van der Waals surface area contributed by atoms with Crippen molar-refractivity contribution in [3.8, 4) is 0 Å². The fourth-order valence-corrected chi connectivity index (χ4v) is 1.50. The molecule has 1 aromatic carbocycles. The van der Waals surface area contributed by atoms with Crippen LogP contribution < -0.4 is 11.1 Å². The third kappa shape index (κ3) is 4.79. The van der Waals surface area contributed by atoms with Gasteiger partial charge in [-0.3, -0.25) is 4.79 Å². The number of carbonyl (C=O) groups excluding carboxylic acids is 2. The average molecular weight is 285 g/mol. The molecule has 3 N–H and O–H groups in total. The topological polar surface area (TPSA) is 81.4 Å². The number of benzene rings is 1. The number of rotatable bonds is 5. The molecule has 0 aliphatic heterocycles. The molecule has 0 aliphatic carbocycles. The molecular weight excluding hydrogens is 268 g/mol. The van der Waals surface area contributed by atoms with E-state index >= 15 is 0 Å². The molecule has 0 fully saturated rings. The average Bonchev–Trinajstić information content (AvgIpc) is 2.38. The third-order valence-electron chi connectivity index (χ3n) is 2.59. The molecule has 0 saturated heterocycles. The van der Waals surface area contributed by atoms with Crippen molar-refractivity contribution in [3.05, 3.63) is 28.8 Å². The van der Waals surface area contributed by atoms with Crippen molar-refractivity contribution < 1.29 is 14.3 Å². The Morgan fingerprint density at radius 2 is 2.16 bits per heavy atom. The highest BCUT2D eigenvalue weighted by atomic mass is 35.5. The van der Waals surface area contributed by atoms with E-state index in [0.717, 1.165) is 6.42 Å². The Bertz CT molecular complexity index is 477. The lowest BCUT2D eigenvalue weighted by atomic mass is 10.2. The smallest absolute Gasteiger partial charge is 0.340 e. The molecule has 0 radical (unpaired) electrons. The Kier molecular flexibility index (Phi) is 5.63. The van der Waals surface area contributed by atoms with Crippen LogP contribution in [0.3, 0.4) is 0 Å². The van der Waals surface area contributed by atoms with Gasteiger partial charge in [-0.2, -0.15) is 0 Å². The number of nitrogens with one attached hydrogen (secondary N) is 1. The molecule has 1 amide bonds. The van der Waals surface area contributed by atoms with Gasteiger partial charge in [0.05, 0.1) is 5.56 Å². The molecule has 0 saturated carbocycles. The summed E-state index contributed by atoms with van der Waals surface area (Å²) in [4.78, 5) is 23.2. The van der Waals surface area contributed by atoms with Crippen molar-refractivity contribution in [2.45, 2.75) is 26.3 Å². The van der Waals surface area contributed by atoms with Crippen LogP contribution >= 0.6 is 11.6 Å². The van der Waals surface area contributed by atoms with Crippen molar-refractivity contribution in [2.24, 2.45) is 0 Å². The van der Waals surface area contributed by atoms with Gasteiger partial charge in [-0.15, -0.1) is 0 Å². The quantitative estimate of drug-likeness (QED) is 0.640. The van der Waals surface area contributed by atoms with Crippen LogP contribution in [0.15, 0.2) is 18.2 Å². The van der Waals surface area contributed by atoms with E-state index in [4.69, 9.17) is 22.1 Å². The van der Waals surface area contributed by atoms with Gasteiger partial charge in [0.15, 0.2) is 6.61 Å². The Morgan fingerprint density at radius 3 is 2.79 bits per heavy atom. The van der Waals surface area contributed by atoms with Crippen LogP contribution in [0, 0.1) is 0 Å². The molecule has 0 bridgehead atoms. The van der Waals surface area contributed by atoms with Gasteiger partial charge in [-0.05, 0) is 31.5 Å². The van der Waals surface area contributed by atoms with Gasteiger partial charge in [0.25, 0.3) is 5.91 Å². The number of nitrogens with two attached hydrogens (primary N) is 1. The summed E-state index contributed by atoms with van der Waals surface area (Å²) < 4.78 is 4.88. The SMILES string of the molecule is CCC(C)NC(=O)COC(=O)c1cc(Cl)ccc1N. The summed E-state index contributed by atoms with van der Waals surface area (Å²) in [5.41, 5.74) is 6.06. The number of hydrogen-bond acceptors (Lipinski definition) is 4. The minimum atomic E-state index is -0.667. The van der Waals surface area contributed by atoms with E-state index in [0.29, 0.717) is 5.02 Å². The van der Waals surface area contributed by atoms with Gasteiger partial charge >= 0.3 is 5.97 Å². The van der Waals surface area contributed by atoms with Crippen LogP contribution in [0.1, 0.15) is 30.6 Å². The van der Waals surface area contributed by atoms with Crippen LogP contribution in [0.2, 0.25) is 5.02 Å². The molecule has 1 aromatic rings. The lowest BCUT2D eigenvalue weighted by molar-refractivity contribution is -0.124. The number of esters is 1. The van der Waals surface area contributed by atoms with E-state index in [1.54, 1.807) is 6.07 Å². The predicted octanol–water partition coefficient (Wildman–Crippen LogP) is 1.99. The molecular formula is C13H17ClN2O3. The second-order valence-corrected chi connectivity index (χ2v) is 4.62. The number of nitrogen functional groups attached to an aromatic ring is 1. The van der Waals surface area contributed by atoms with E-state index in [2.05, 4.69) is 5.32 Å². The van der Waals surface area contributed by atoms with E-state index < -0.39 is 5.97 Å². The molecule has 6 heteroatoms. The third-order valence-corrected chi connectivity index (χ3v) is 2.82. The van der Waals surface area contributed by atoms with E-state index in [1.807, 2.05) is 13.8 Å². The molecule has 1 atom stereocenters. The zero-order valence-electron chi connectivity index (χ0n) is 10.9. The monoisotopic (exact) mass is 284 g/mol. The van der Waals surface area contributed by atoms with Gasteiger partial charge < -0.3 is 15.8 Å². The van der Waals surface area contributed by atoms with Gasteiger partial charge in [-0.1, -0.05) is 18.5 Å². The molecule has 1 unspecified atom stereocenters. The number of halogens is 1. The first-order valence-corrected chi connectivity index (χ1v) is 6.33. The minimum Gasteiger partial charge on any atom is -0.452 e. The van der Waals surface area contributed by atoms with Crippen LogP contribution in [0.25, 0.3) is 0 Å². The largest absolute Gasteiger partial charge is 0.452 e. The van der Waals surface area contributed by atoms with Crippen molar-refractivity contribution in [3.63, 3.8) is 0 Å². The van der Waals surface area contributed by atoms with Crippen molar-refractivity contribution >= 4 is 29.2 Å². The Morgan fingerprint density at radius 1 is 1.47 bits per heavy atom. The van der Waals surface area contributed by atoms with E-state index in [9.17, 15) is 9.59 Å². The Labute approximate surface area is 117 Å². The van der Waals surface area contributed by atoms with Crippen molar-refractivity contribution in [1.29, 1.82) is 0 Å². The molecule has 104 valence electrons. The van der Waals surface area contributed by atoms with Gasteiger partial charge in [-0.25, -0.2) is 4.79 Å². The van der Waals surface area contributed by atoms with Gasteiger partial charge in [0, 0.05) is 16.8 Å². The zero-order chi connectivity index (χ0) is 14.4. The number of carbonyl (C=O) groups is 2. The fraction of sp³-hybridized carbons (Fsp3) is 0.385. The minimum absolute atomic E-state index is 0.0439. The molecule has 0 aromatic heterocycles. The summed E-state index contributed by atoms with van der Waals surface area (Å²) in [5.74, 6) is -1.01. The first-order valence-electron chi connectivity index (χ1n) is 5.95. The maximum absolute atomic E-state index is 11.7. The van der Waals surface area contributed by atoms with Crippen LogP contribution in [0.4, 0.5) is 5.69 Å². The normalized spacial score (nSPS) is 11.7. The summed E-state index contributed by atoms with van der Waals surface area (Å²) in [7, 11) is 0. The first-order chi connectivity index (χ1) is 8.93. The van der Waals surface area contributed by atoms with Gasteiger partial charge in [0.2, 0.25) is 0 Å². The standard InChI is InChI=1S/C13H17ClN2O3/c1-3-8(2)16-12(17)7-19-13(18)10-6-9(14)4-5-11(10)15/h4-6,8H,3,7,15H2,1-2H3,(H,16,17). The summed E-state index contributed by atoms with van der Waals surface area (Å²) >= 11 is 5.77. The number of anilines is 1. The highest BCUT2D eigenvalue weighted by Crippen LogP contribution is 2.18. The summed E-state index contributed by atoms with van der Waals surface area (Å²) in [6.45, 7) is 3.48. The maximum atomic E-state index is 11.7. The highest BCUT2D eigenvalue weighted by Gasteiger charge is 2.14.